The molecule has 0 saturated carbocycles. The Balaban J connectivity index is 2.22. The average Bonchev–Trinajstić information content (AvgIpc) is 2.45. The molecule has 0 spiro atoms. The third-order valence-electron chi connectivity index (χ3n) is 2.98. The predicted molar refractivity (Wildman–Crippen MR) is 78.2 cm³/mol. The highest BCUT2D eigenvalue weighted by atomic mass is 35.5. The zero-order chi connectivity index (χ0) is 14.5. The molecule has 20 heavy (non-hydrogen) atoms. The number of nitrogens with zero attached hydrogens (tertiary/aromatic N) is 5. The van der Waals surface area contributed by atoms with Gasteiger partial charge in [0.1, 0.15) is 0 Å². The second-order valence-corrected chi connectivity index (χ2v) is 4.62. The van der Waals surface area contributed by atoms with Gasteiger partial charge in [0, 0.05) is 19.2 Å². The van der Waals surface area contributed by atoms with Crippen LogP contribution in [0, 0.1) is 0 Å². The van der Waals surface area contributed by atoms with Gasteiger partial charge in [0.05, 0.1) is 24.1 Å². The summed E-state index contributed by atoms with van der Waals surface area (Å²) in [6, 6.07) is 4.95. The summed E-state index contributed by atoms with van der Waals surface area (Å²) in [5, 5.41) is 12.2. The molecular weight excluding hydrogens is 278 g/mol. The van der Waals surface area contributed by atoms with E-state index in [0.717, 1.165) is 18.8 Å². The molecule has 6 nitrogen and oxygen atoms in total. The summed E-state index contributed by atoms with van der Waals surface area (Å²) in [5.74, 6) is 0. The van der Waals surface area contributed by atoms with E-state index in [4.69, 9.17) is 11.6 Å². The van der Waals surface area contributed by atoms with Crippen molar-refractivity contribution in [3.05, 3.63) is 45.6 Å². The second kappa shape index (κ2) is 6.47. The highest BCUT2D eigenvalue weighted by molar-refractivity contribution is 6.29. The van der Waals surface area contributed by atoms with Gasteiger partial charge in [0.2, 0.25) is 0 Å². The molecule has 0 atom stereocenters. The highest BCUT2D eigenvalue weighted by Crippen LogP contribution is 2.08. The number of hydrogen-bond acceptors (Lipinski definition) is 5. The third kappa shape index (κ3) is 3.33. The number of hydrogen-bond donors (Lipinski definition) is 0. The molecule has 0 aliphatic carbocycles. The minimum atomic E-state index is -0.161. The topological polar surface area (TPSA) is 63.9 Å². The summed E-state index contributed by atoms with van der Waals surface area (Å²) in [7, 11) is 0. The van der Waals surface area contributed by atoms with Crippen molar-refractivity contribution in [3.63, 3.8) is 0 Å². The van der Waals surface area contributed by atoms with E-state index >= 15 is 0 Å². The molecule has 0 radical (unpaired) electrons. The van der Waals surface area contributed by atoms with Crippen molar-refractivity contribution in [1.82, 2.24) is 20.0 Å². The van der Waals surface area contributed by atoms with Crippen LogP contribution in [0.2, 0.25) is 5.15 Å². The molecule has 0 amide bonds. The first-order chi connectivity index (χ1) is 9.63. The molecule has 0 saturated heterocycles. The van der Waals surface area contributed by atoms with E-state index in [-0.39, 0.29) is 12.1 Å². The molecule has 2 heterocycles. The van der Waals surface area contributed by atoms with Crippen LogP contribution in [0.25, 0.3) is 0 Å². The summed E-state index contributed by atoms with van der Waals surface area (Å²) in [6.07, 6.45) is 1.69. The lowest BCUT2D eigenvalue weighted by Gasteiger charge is -2.20. The summed E-state index contributed by atoms with van der Waals surface area (Å²) in [5.41, 5.74) is 1.31. The Morgan fingerprint density at radius 2 is 2.00 bits per heavy atom. The van der Waals surface area contributed by atoms with Crippen LogP contribution >= 0.6 is 11.6 Å². The Morgan fingerprint density at radius 3 is 2.55 bits per heavy atom. The van der Waals surface area contributed by atoms with Gasteiger partial charge in [0.15, 0.2) is 5.15 Å². The lowest BCUT2D eigenvalue weighted by atomic mass is 10.3. The molecule has 0 unspecified atom stereocenters. The maximum Gasteiger partial charge on any atom is 0.269 e. The summed E-state index contributed by atoms with van der Waals surface area (Å²) in [6.45, 7) is 6.03. The number of rotatable bonds is 5. The first-order valence-corrected chi connectivity index (χ1v) is 6.82. The number of anilines is 1. The molecular formula is C13H16ClN5O. The number of aromatic nitrogens is 4. The maximum atomic E-state index is 12.0. The SMILES string of the molecule is CCN(CC)c1cnn(Cc2ccc(Cl)nn2)c(=O)c1. The van der Waals surface area contributed by atoms with Crippen LogP contribution < -0.4 is 10.5 Å². The first kappa shape index (κ1) is 14.5. The zero-order valence-electron chi connectivity index (χ0n) is 11.5. The Kier molecular flexibility index (Phi) is 4.68. The van der Waals surface area contributed by atoms with Crippen molar-refractivity contribution in [3.8, 4) is 0 Å². The Hall–Kier alpha value is -1.95. The minimum Gasteiger partial charge on any atom is -0.371 e. The molecule has 0 aliphatic rings. The van der Waals surface area contributed by atoms with Crippen LogP contribution in [0.15, 0.2) is 29.2 Å². The Bertz CT molecular complexity index is 621. The highest BCUT2D eigenvalue weighted by Gasteiger charge is 2.06. The molecule has 2 aromatic heterocycles. The molecule has 0 aromatic carbocycles. The van der Waals surface area contributed by atoms with Gasteiger partial charge in [-0.2, -0.15) is 10.2 Å². The number of halogens is 1. The Morgan fingerprint density at radius 1 is 1.25 bits per heavy atom. The van der Waals surface area contributed by atoms with Crippen LogP contribution in [0.3, 0.4) is 0 Å². The van der Waals surface area contributed by atoms with Crippen LogP contribution in [0.5, 0.6) is 0 Å². The minimum absolute atomic E-state index is 0.161. The van der Waals surface area contributed by atoms with E-state index in [1.165, 1.54) is 4.68 Å². The molecule has 0 fully saturated rings. The summed E-state index contributed by atoms with van der Waals surface area (Å²) in [4.78, 5) is 14.1. The van der Waals surface area contributed by atoms with Crippen LogP contribution in [-0.2, 0) is 6.54 Å². The first-order valence-electron chi connectivity index (χ1n) is 6.44. The van der Waals surface area contributed by atoms with Gasteiger partial charge in [-0.25, -0.2) is 4.68 Å². The lowest BCUT2D eigenvalue weighted by Crippen LogP contribution is -2.28. The Labute approximate surface area is 122 Å². The normalized spacial score (nSPS) is 10.6. The van der Waals surface area contributed by atoms with Gasteiger partial charge in [-0.3, -0.25) is 4.79 Å². The largest absolute Gasteiger partial charge is 0.371 e. The monoisotopic (exact) mass is 293 g/mol. The van der Waals surface area contributed by atoms with Gasteiger partial charge in [-0.15, -0.1) is 5.10 Å². The van der Waals surface area contributed by atoms with Gasteiger partial charge in [0.25, 0.3) is 5.56 Å². The fourth-order valence-electron chi connectivity index (χ4n) is 1.89. The second-order valence-electron chi connectivity index (χ2n) is 4.23. The molecule has 106 valence electrons. The zero-order valence-corrected chi connectivity index (χ0v) is 12.2. The molecule has 2 aromatic rings. The van der Waals surface area contributed by atoms with Gasteiger partial charge < -0.3 is 4.90 Å². The molecule has 2 rings (SSSR count). The predicted octanol–water partition coefficient (Wildman–Crippen LogP) is 1.58. The van der Waals surface area contributed by atoms with Crippen molar-refractivity contribution < 1.29 is 0 Å². The third-order valence-corrected chi connectivity index (χ3v) is 3.18. The molecule has 7 heteroatoms. The fraction of sp³-hybridized carbons (Fsp3) is 0.385. The lowest BCUT2D eigenvalue weighted by molar-refractivity contribution is 0.619. The fourth-order valence-corrected chi connectivity index (χ4v) is 1.99. The average molecular weight is 294 g/mol. The van der Waals surface area contributed by atoms with Crippen molar-refractivity contribution in [2.24, 2.45) is 0 Å². The van der Waals surface area contributed by atoms with Gasteiger partial charge in [-0.05, 0) is 26.0 Å². The van der Waals surface area contributed by atoms with Gasteiger partial charge >= 0.3 is 0 Å². The molecule has 0 N–H and O–H groups in total. The van der Waals surface area contributed by atoms with E-state index in [9.17, 15) is 4.79 Å². The van der Waals surface area contributed by atoms with Crippen molar-refractivity contribution in [2.45, 2.75) is 20.4 Å². The van der Waals surface area contributed by atoms with Gasteiger partial charge in [-0.1, -0.05) is 11.6 Å². The van der Waals surface area contributed by atoms with Crippen LogP contribution in [0.4, 0.5) is 5.69 Å². The van der Waals surface area contributed by atoms with E-state index in [1.807, 2.05) is 13.8 Å². The van der Waals surface area contributed by atoms with E-state index < -0.39 is 0 Å². The summed E-state index contributed by atoms with van der Waals surface area (Å²) >= 11 is 5.67. The van der Waals surface area contributed by atoms with E-state index in [2.05, 4.69) is 20.2 Å². The standard InChI is InChI=1S/C13H16ClN5O/c1-3-18(4-2)11-7-13(20)19(15-8-11)9-10-5-6-12(14)17-16-10/h5-8H,3-4,9H2,1-2H3. The smallest absolute Gasteiger partial charge is 0.269 e. The van der Waals surface area contributed by atoms with Crippen LogP contribution in [0.1, 0.15) is 19.5 Å². The van der Waals surface area contributed by atoms with E-state index in [0.29, 0.717) is 10.8 Å². The van der Waals surface area contributed by atoms with Crippen LogP contribution in [-0.4, -0.2) is 33.1 Å². The quantitative estimate of drug-likeness (QED) is 0.837. The molecule has 0 bridgehead atoms. The molecule has 0 aliphatic heterocycles. The van der Waals surface area contributed by atoms with E-state index in [1.54, 1.807) is 24.4 Å². The van der Waals surface area contributed by atoms with Crippen molar-refractivity contribution in [2.75, 3.05) is 18.0 Å². The van der Waals surface area contributed by atoms with Crippen molar-refractivity contribution >= 4 is 17.3 Å². The maximum absolute atomic E-state index is 12.0. The van der Waals surface area contributed by atoms with Crippen molar-refractivity contribution in [1.29, 1.82) is 0 Å². The summed E-state index contributed by atoms with van der Waals surface area (Å²) < 4.78 is 1.35.